The first-order valence-electron chi connectivity index (χ1n) is 9.08. The molecule has 0 aliphatic rings. The van der Waals surface area contributed by atoms with Gasteiger partial charge >= 0.3 is 11.9 Å². The van der Waals surface area contributed by atoms with Gasteiger partial charge in [0.25, 0.3) is 0 Å². The number of hydrogen-bond donors (Lipinski definition) is 4. The first kappa shape index (κ1) is 19.2. The summed E-state index contributed by atoms with van der Waals surface area (Å²) in [6.45, 7) is 0. The summed E-state index contributed by atoms with van der Waals surface area (Å²) in [5.41, 5.74) is 4.04. The van der Waals surface area contributed by atoms with Crippen LogP contribution >= 0.6 is 0 Å². The monoisotopic (exact) mass is 378 g/mol. The van der Waals surface area contributed by atoms with E-state index in [-0.39, 0.29) is 12.8 Å². The number of fused-ring (bicyclic) bond motifs is 2. The van der Waals surface area contributed by atoms with E-state index in [9.17, 15) is 9.59 Å². The number of benzene rings is 2. The third-order valence-corrected chi connectivity index (χ3v) is 4.44. The summed E-state index contributed by atoms with van der Waals surface area (Å²) in [5, 5.41) is 19.4. The Morgan fingerprint density at radius 2 is 1.61 bits per heavy atom. The van der Waals surface area contributed by atoms with Gasteiger partial charge in [-0.05, 0) is 42.0 Å². The maximum Gasteiger partial charge on any atom is 0.309 e. The van der Waals surface area contributed by atoms with Crippen molar-refractivity contribution in [1.82, 2.24) is 9.97 Å². The molecule has 0 bridgehead atoms. The van der Waals surface area contributed by atoms with Gasteiger partial charge in [0.1, 0.15) is 0 Å². The molecule has 144 valence electrons. The van der Waals surface area contributed by atoms with Crippen LogP contribution in [0.25, 0.3) is 21.8 Å². The summed E-state index contributed by atoms with van der Waals surface area (Å²) in [6, 6.07) is 17.7. The lowest BCUT2D eigenvalue weighted by molar-refractivity contribution is -0.137. The van der Waals surface area contributed by atoms with E-state index in [2.05, 4.69) is 16.0 Å². The largest absolute Gasteiger partial charge is 0.481 e. The van der Waals surface area contributed by atoms with Crippen LogP contribution in [-0.4, -0.2) is 32.1 Å². The second kappa shape index (κ2) is 8.90. The molecule has 28 heavy (non-hydrogen) atoms. The van der Waals surface area contributed by atoms with E-state index in [0.717, 1.165) is 28.5 Å². The Morgan fingerprint density at radius 3 is 2.32 bits per heavy atom. The van der Waals surface area contributed by atoms with E-state index in [1.165, 1.54) is 10.9 Å². The van der Waals surface area contributed by atoms with Crippen LogP contribution in [0.5, 0.6) is 0 Å². The van der Waals surface area contributed by atoms with Gasteiger partial charge in [-0.25, -0.2) is 0 Å². The second-order valence-electron chi connectivity index (χ2n) is 6.56. The van der Waals surface area contributed by atoms with Crippen LogP contribution in [0.1, 0.15) is 24.1 Å². The van der Waals surface area contributed by atoms with E-state index < -0.39 is 11.9 Å². The summed E-state index contributed by atoms with van der Waals surface area (Å²) in [7, 11) is 0. The Balaban J connectivity index is 0.000000162. The number of aliphatic carboxylic acids is 2. The first-order valence-corrected chi connectivity index (χ1v) is 9.08. The van der Waals surface area contributed by atoms with Crippen LogP contribution < -0.4 is 0 Å². The van der Waals surface area contributed by atoms with Gasteiger partial charge < -0.3 is 20.2 Å². The van der Waals surface area contributed by atoms with Crippen molar-refractivity contribution < 1.29 is 19.8 Å². The summed E-state index contributed by atoms with van der Waals surface area (Å²) in [4.78, 5) is 27.0. The molecule has 0 saturated carbocycles. The van der Waals surface area contributed by atoms with Crippen molar-refractivity contribution in [2.24, 2.45) is 0 Å². The number of H-pyrrole nitrogens is 2. The highest BCUT2D eigenvalue weighted by Crippen LogP contribution is 2.19. The summed E-state index contributed by atoms with van der Waals surface area (Å²) in [6.07, 6.45) is 3.76. The number of carboxylic acids is 2. The Bertz CT molecular complexity index is 1060. The Kier molecular flexibility index (Phi) is 6.11. The average molecular weight is 378 g/mol. The van der Waals surface area contributed by atoms with E-state index in [1.54, 1.807) is 0 Å². The number of carbonyl (C=O) groups is 2. The molecular weight excluding hydrogens is 356 g/mol. The number of hydrogen-bond acceptors (Lipinski definition) is 2. The molecule has 0 saturated heterocycles. The van der Waals surface area contributed by atoms with Crippen LogP contribution in [0.2, 0.25) is 0 Å². The number of carboxylic acid groups (broad SMARTS) is 2. The number of nitrogens with one attached hydrogen (secondary N) is 2. The maximum absolute atomic E-state index is 10.4. The van der Waals surface area contributed by atoms with Crippen molar-refractivity contribution >= 4 is 33.7 Å². The van der Waals surface area contributed by atoms with Gasteiger partial charge in [0.05, 0.1) is 6.42 Å². The molecule has 0 aliphatic heterocycles. The van der Waals surface area contributed by atoms with Gasteiger partial charge in [0, 0.05) is 34.7 Å². The summed E-state index contributed by atoms with van der Waals surface area (Å²) < 4.78 is 0. The average Bonchev–Trinajstić information content (AvgIpc) is 3.25. The molecule has 0 aliphatic carbocycles. The molecule has 6 nitrogen and oxygen atoms in total. The number of rotatable bonds is 6. The smallest absolute Gasteiger partial charge is 0.309 e. The molecule has 0 radical (unpaired) electrons. The summed E-state index contributed by atoms with van der Waals surface area (Å²) in [5.74, 6) is -1.54. The normalized spacial score (nSPS) is 10.6. The minimum absolute atomic E-state index is 0.0503. The molecule has 0 spiro atoms. The zero-order valence-electron chi connectivity index (χ0n) is 15.3. The molecule has 6 heteroatoms. The molecular formula is C22H22N2O4. The van der Waals surface area contributed by atoms with Crippen LogP contribution in [-0.2, 0) is 22.4 Å². The quantitative estimate of drug-likeness (QED) is 0.400. The van der Waals surface area contributed by atoms with Crippen LogP contribution in [0, 0.1) is 0 Å². The van der Waals surface area contributed by atoms with Crippen molar-refractivity contribution in [3.8, 4) is 0 Å². The SMILES string of the molecule is O=C(O)CCCc1c[nH]c2ccccc12.O=C(O)Cc1cc2ccccc2[nH]1. The third-order valence-electron chi connectivity index (χ3n) is 4.44. The van der Waals surface area contributed by atoms with E-state index in [1.807, 2.05) is 54.7 Å². The van der Waals surface area contributed by atoms with Crippen LogP contribution in [0.15, 0.2) is 60.8 Å². The van der Waals surface area contributed by atoms with Gasteiger partial charge in [-0.3, -0.25) is 9.59 Å². The van der Waals surface area contributed by atoms with Crippen molar-refractivity contribution in [3.63, 3.8) is 0 Å². The predicted octanol–water partition coefficient (Wildman–Crippen LogP) is 4.37. The number of para-hydroxylation sites is 2. The number of aromatic nitrogens is 2. The zero-order valence-corrected chi connectivity index (χ0v) is 15.3. The van der Waals surface area contributed by atoms with Crippen LogP contribution in [0.3, 0.4) is 0 Å². The van der Waals surface area contributed by atoms with Gasteiger partial charge in [-0.15, -0.1) is 0 Å². The Morgan fingerprint density at radius 1 is 0.893 bits per heavy atom. The molecule has 4 rings (SSSR count). The van der Waals surface area contributed by atoms with Crippen LogP contribution in [0.4, 0.5) is 0 Å². The maximum atomic E-state index is 10.4. The fraction of sp³-hybridized carbons (Fsp3) is 0.182. The third kappa shape index (κ3) is 5.01. The van der Waals surface area contributed by atoms with E-state index in [0.29, 0.717) is 6.42 Å². The molecule has 0 fully saturated rings. The summed E-state index contributed by atoms with van der Waals surface area (Å²) >= 11 is 0. The number of aryl methyl sites for hydroxylation is 1. The molecule has 2 aromatic carbocycles. The highest BCUT2D eigenvalue weighted by Gasteiger charge is 2.04. The molecule has 0 unspecified atom stereocenters. The molecule has 4 N–H and O–H groups in total. The minimum Gasteiger partial charge on any atom is -0.481 e. The standard InChI is InChI=1S/C12H13NO2.C10H9NO2/c14-12(15)7-3-4-9-8-13-11-6-2-1-5-10(9)11;12-10(13)6-8-5-7-3-1-2-4-9(7)11-8/h1-2,5-6,8,13H,3-4,7H2,(H,14,15);1-5,11H,6H2,(H,12,13). The highest BCUT2D eigenvalue weighted by molar-refractivity contribution is 5.83. The lowest BCUT2D eigenvalue weighted by Crippen LogP contribution is -1.99. The van der Waals surface area contributed by atoms with Gasteiger partial charge in [-0.1, -0.05) is 36.4 Å². The van der Waals surface area contributed by atoms with Crippen molar-refractivity contribution in [3.05, 3.63) is 72.1 Å². The lowest BCUT2D eigenvalue weighted by Gasteiger charge is -1.96. The van der Waals surface area contributed by atoms with Crippen molar-refractivity contribution in [2.45, 2.75) is 25.7 Å². The highest BCUT2D eigenvalue weighted by atomic mass is 16.4. The molecule has 2 heterocycles. The fourth-order valence-electron chi connectivity index (χ4n) is 3.16. The molecule has 2 aromatic heterocycles. The van der Waals surface area contributed by atoms with Crippen molar-refractivity contribution in [1.29, 1.82) is 0 Å². The van der Waals surface area contributed by atoms with E-state index >= 15 is 0 Å². The van der Waals surface area contributed by atoms with Gasteiger partial charge in [0.2, 0.25) is 0 Å². The van der Waals surface area contributed by atoms with Crippen molar-refractivity contribution in [2.75, 3.05) is 0 Å². The lowest BCUT2D eigenvalue weighted by atomic mass is 10.1. The molecule has 4 aromatic rings. The Hall–Kier alpha value is -3.54. The van der Waals surface area contributed by atoms with Gasteiger partial charge in [0.15, 0.2) is 0 Å². The Labute approximate surface area is 161 Å². The fourth-order valence-corrected chi connectivity index (χ4v) is 3.16. The zero-order chi connectivity index (χ0) is 19.9. The van der Waals surface area contributed by atoms with Gasteiger partial charge in [-0.2, -0.15) is 0 Å². The topological polar surface area (TPSA) is 106 Å². The first-order chi connectivity index (χ1) is 13.5. The second-order valence-corrected chi connectivity index (χ2v) is 6.56. The van der Waals surface area contributed by atoms with E-state index in [4.69, 9.17) is 10.2 Å². The predicted molar refractivity (Wildman–Crippen MR) is 109 cm³/mol. The molecule has 0 amide bonds. The number of aromatic amines is 2. The molecule has 0 atom stereocenters. The minimum atomic E-state index is -0.813.